The lowest BCUT2D eigenvalue weighted by Crippen LogP contribution is -2.34. The Hall–Kier alpha value is -2.27. The number of furan rings is 1. The highest BCUT2D eigenvalue weighted by Gasteiger charge is 2.17. The summed E-state index contributed by atoms with van der Waals surface area (Å²) in [7, 11) is 5.59. The molecular formula is C16H20N2O3. The normalized spacial score (nSPS) is 12.2. The van der Waals surface area contributed by atoms with E-state index in [1.807, 2.05) is 38.4 Å². The number of carbonyl (C=O) groups excluding carboxylic acids is 1. The summed E-state index contributed by atoms with van der Waals surface area (Å²) < 4.78 is 10.3. The molecule has 1 atom stereocenters. The van der Waals surface area contributed by atoms with Crippen LogP contribution in [0.1, 0.15) is 22.2 Å². The van der Waals surface area contributed by atoms with Crippen LogP contribution >= 0.6 is 0 Å². The molecule has 21 heavy (non-hydrogen) atoms. The van der Waals surface area contributed by atoms with Crippen LogP contribution < -0.4 is 10.1 Å². The third-order valence-electron chi connectivity index (χ3n) is 3.30. The van der Waals surface area contributed by atoms with Gasteiger partial charge in [-0.2, -0.15) is 0 Å². The van der Waals surface area contributed by atoms with Crippen molar-refractivity contribution in [2.24, 2.45) is 0 Å². The van der Waals surface area contributed by atoms with Crippen LogP contribution in [0.3, 0.4) is 0 Å². The molecule has 0 bridgehead atoms. The highest BCUT2D eigenvalue weighted by atomic mass is 16.5. The zero-order valence-corrected chi connectivity index (χ0v) is 12.5. The van der Waals surface area contributed by atoms with E-state index in [9.17, 15) is 4.79 Å². The summed E-state index contributed by atoms with van der Waals surface area (Å²) in [5, 5.41) is 2.89. The lowest BCUT2D eigenvalue weighted by Gasteiger charge is -2.25. The van der Waals surface area contributed by atoms with Crippen LogP contribution in [0.15, 0.2) is 47.1 Å². The van der Waals surface area contributed by atoms with Crippen LogP contribution in [-0.2, 0) is 0 Å². The number of likely N-dealkylation sites (N-methyl/N-ethyl adjacent to an activating group) is 1. The average molecular weight is 288 g/mol. The van der Waals surface area contributed by atoms with E-state index in [0.717, 1.165) is 11.3 Å². The van der Waals surface area contributed by atoms with Gasteiger partial charge in [-0.3, -0.25) is 4.79 Å². The van der Waals surface area contributed by atoms with Gasteiger partial charge in [0, 0.05) is 6.54 Å². The molecule has 1 N–H and O–H groups in total. The molecular weight excluding hydrogens is 268 g/mol. The highest BCUT2D eigenvalue weighted by molar-refractivity contribution is 5.91. The Morgan fingerprint density at radius 3 is 2.76 bits per heavy atom. The van der Waals surface area contributed by atoms with E-state index in [4.69, 9.17) is 9.15 Å². The highest BCUT2D eigenvalue weighted by Crippen LogP contribution is 2.22. The number of nitrogens with zero attached hydrogens (tertiary/aromatic N) is 1. The van der Waals surface area contributed by atoms with Gasteiger partial charge in [0.25, 0.3) is 5.91 Å². The number of rotatable bonds is 6. The predicted molar refractivity (Wildman–Crippen MR) is 80.5 cm³/mol. The fourth-order valence-electron chi connectivity index (χ4n) is 2.13. The van der Waals surface area contributed by atoms with Crippen LogP contribution in [-0.4, -0.2) is 38.6 Å². The quantitative estimate of drug-likeness (QED) is 0.886. The molecule has 112 valence electrons. The summed E-state index contributed by atoms with van der Waals surface area (Å²) >= 11 is 0. The molecule has 0 aliphatic rings. The fourth-order valence-corrected chi connectivity index (χ4v) is 2.13. The van der Waals surface area contributed by atoms with Gasteiger partial charge in [-0.15, -0.1) is 0 Å². The van der Waals surface area contributed by atoms with Gasteiger partial charge in [-0.25, -0.2) is 0 Å². The van der Waals surface area contributed by atoms with Crippen molar-refractivity contribution in [2.75, 3.05) is 27.7 Å². The molecule has 2 rings (SSSR count). The molecule has 5 nitrogen and oxygen atoms in total. The van der Waals surface area contributed by atoms with Gasteiger partial charge in [-0.1, -0.05) is 12.1 Å². The van der Waals surface area contributed by atoms with Crippen molar-refractivity contribution in [3.8, 4) is 5.75 Å². The minimum Gasteiger partial charge on any atom is -0.497 e. The van der Waals surface area contributed by atoms with Gasteiger partial charge in [0.1, 0.15) is 5.75 Å². The van der Waals surface area contributed by atoms with Gasteiger partial charge in [0.15, 0.2) is 5.76 Å². The summed E-state index contributed by atoms with van der Waals surface area (Å²) in [6.45, 7) is 0.486. The van der Waals surface area contributed by atoms with Crippen LogP contribution in [0.5, 0.6) is 5.75 Å². The summed E-state index contributed by atoms with van der Waals surface area (Å²) in [5.74, 6) is 0.907. The van der Waals surface area contributed by atoms with Crippen molar-refractivity contribution in [1.82, 2.24) is 10.2 Å². The first-order chi connectivity index (χ1) is 10.1. The number of nitrogens with one attached hydrogen (secondary N) is 1. The summed E-state index contributed by atoms with van der Waals surface area (Å²) in [6.07, 6.45) is 1.49. The third kappa shape index (κ3) is 3.86. The van der Waals surface area contributed by atoms with Crippen molar-refractivity contribution < 1.29 is 13.9 Å². The summed E-state index contributed by atoms with van der Waals surface area (Å²) in [6, 6.07) is 11.2. The van der Waals surface area contributed by atoms with Gasteiger partial charge < -0.3 is 19.4 Å². The van der Waals surface area contributed by atoms with Crippen molar-refractivity contribution in [3.05, 3.63) is 54.0 Å². The molecule has 1 aromatic heterocycles. The second kappa shape index (κ2) is 6.95. The number of benzene rings is 1. The SMILES string of the molecule is COc1cccc(C(CNC(=O)c2ccco2)N(C)C)c1. The Labute approximate surface area is 124 Å². The Morgan fingerprint density at radius 1 is 1.33 bits per heavy atom. The van der Waals surface area contributed by atoms with Crippen LogP contribution in [0.2, 0.25) is 0 Å². The van der Waals surface area contributed by atoms with Crippen LogP contribution in [0.25, 0.3) is 0 Å². The number of carbonyl (C=O) groups is 1. The van der Waals surface area contributed by atoms with E-state index in [1.165, 1.54) is 6.26 Å². The number of methoxy groups -OCH3 is 1. The van der Waals surface area contributed by atoms with Crippen molar-refractivity contribution >= 4 is 5.91 Å². The molecule has 0 fully saturated rings. The Balaban J connectivity index is 2.07. The number of ether oxygens (including phenoxy) is 1. The minimum atomic E-state index is -0.213. The first-order valence-electron chi connectivity index (χ1n) is 6.74. The maximum Gasteiger partial charge on any atom is 0.287 e. The van der Waals surface area contributed by atoms with E-state index < -0.39 is 0 Å². The van der Waals surface area contributed by atoms with E-state index in [0.29, 0.717) is 12.3 Å². The Morgan fingerprint density at radius 2 is 2.14 bits per heavy atom. The molecule has 0 aliphatic heterocycles. The lowest BCUT2D eigenvalue weighted by molar-refractivity contribution is 0.0914. The molecule has 5 heteroatoms. The zero-order valence-electron chi connectivity index (χ0n) is 12.5. The van der Waals surface area contributed by atoms with Gasteiger partial charge in [0.2, 0.25) is 0 Å². The molecule has 1 unspecified atom stereocenters. The Bertz CT molecular complexity index is 579. The van der Waals surface area contributed by atoms with E-state index in [2.05, 4.69) is 10.2 Å². The monoisotopic (exact) mass is 288 g/mol. The topological polar surface area (TPSA) is 54.7 Å². The van der Waals surface area contributed by atoms with Gasteiger partial charge in [0.05, 0.1) is 19.4 Å². The molecule has 1 aromatic carbocycles. The van der Waals surface area contributed by atoms with Gasteiger partial charge in [-0.05, 0) is 43.9 Å². The van der Waals surface area contributed by atoms with E-state index >= 15 is 0 Å². The molecule has 2 aromatic rings. The van der Waals surface area contributed by atoms with Crippen LogP contribution in [0, 0.1) is 0 Å². The predicted octanol–water partition coefficient (Wildman–Crippen LogP) is 2.32. The molecule has 0 aliphatic carbocycles. The fraction of sp³-hybridized carbons (Fsp3) is 0.312. The second-order valence-electron chi connectivity index (χ2n) is 4.94. The molecule has 0 saturated carbocycles. The number of amides is 1. The second-order valence-corrected chi connectivity index (χ2v) is 4.94. The Kier molecular flexibility index (Phi) is 5.00. The maximum atomic E-state index is 11.9. The standard InChI is InChI=1S/C16H20N2O3/c1-18(2)14(12-6-4-7-13(10-12)20-3)11-17-16(19)15-8-5-9-21-15/h4-10,14H,11H2,1-3H3,(H,17,19). The van der Waals surface area contributed by atoms with E-state index in [-0.39, 0.29) is 11.9 Å². The first-order valence-corrected chi connectivity index (χ1v) is 6.74. The zero-order chi connectivity index (χ0) is 15.2. The lowest BCUT2D eigenvalue weighted by atomic mass is 10.1. The van der Waals surface area contributed by atoms with Crippen molar-refractivity contribution in [1.29, 1.82) is 0 Å². The molecule has 1 amide bonds. The van der Waals surface area contributed by atoms with Crippen LogP contribution in [0.4, 0.5) is 0 Å². The van der Waals surface area contributed by atoms with Crippen molar-refractivity contribution in [3.63, 3.8) is 0 Å². The summed E-state index contributed by atoms with van der Waals surface area (Å²) in [4.78, 5) is 14.0. The van der Waals surface area contributed by atoms with Crippen molar-refractivity contribution in [2.45, 2.75) is 6.04 Å². The molecule has 0 spiro atoms. The van der Waals surface area contributed by atoms with Gasteiger partial charge >= 0.3 is 0 Å². The smallest absolute Gasteiger partial charge is 0.287 e. The molecule has 0 radical (unpaired) electrons. The number of hydrogen-bond acceptors (Lipinski definition) is 4. The maximum absolute atomic E-state index is 11.9. The third-order valence-corrected chi connectivity index (χ3v) is 3.30. The average Bonchev–Trinajstić information content (AvgIpc) is 3.01. The number of hydrogen-bond donors (Lipinski definition) is 1. The minimum absolute atomic E-state index is 0.0546. The summed E-state index contributed by atoms with van der Waals surface area (Å²) in [5.41, 5.74) is 1.08. The first kappa shape index (κ1) is 15.1. The van der Waals surface area contributed by atoms with E-state index in [1.54, 1.807) is 19.2 Å². The molecule has 1 heterocycles. The molecule has 0 saturated heterocycles. The largest absolute Gasteiger partial charge is 0.497 e.